The van der Waals surface area contributed by atoms with Gasteiger partial charge in [-0.25, -0.2) is 18.1 Å². The first kappa shape index (κ1) is 23.0. The number of imide groups is 1. The second-order valence-electron chi connectivity index (χ2n) is 7.23. The van der Waals surface area contributed by atoms with Crippen LogP contribution in [0.3, 0.4) is 0 Å². The molecular weight excluding hydrogens is 460 g/mol. The van der Waals surface area contributed by atoms with Gasteiger partial charge < -0.3 is 9.47 Å². The minimum atomic E-state index is -3.84. The Morgan fingerprint density at radius 3 is 2.03 bits per heavy atom. The highest BCUT2D eigenvalue weighted by molar-refractivity contribution is 7.92. The van der Waals surface area contributed by atoms with Gasteiger partial charge in [0.1, 0.15) is 5.75 Å². The summed E-state index contributed by atoms with van der Waals surface area (Å²) < 4.78 is 38.0. The van der Waals surface area contributed by atoms with Gasteiger partial charge in [0.15, 0.2) is 6.73 Å². The number of nitrogens with zero attached hydrogens (tertiary/aromatic N) is 1. The maximum absolute atomic E-state index is 12.6. The zero-order valence-electron chi connectivity index (χ0n) is 18.1. The molecule has 0 saturated carbocycles. The molecule has 0 atom stereocenters. The van der Waals surface area contributed by atoms with Gasteiger partial charge in [-0.2, -0.15) is 0 Å². The third-order valence-electron chi connectivity index (χ3n) is 5.02. The van der Waals surface area contributed by atoms with Crippen molar-refractivity contribution in [1.82, 2.24) is 4.90 Å². The van der Waals surface area contributed by atoms with E-state index in [2.05, 4.69) is 4.72 Å². The SMILES string of the molecule is CCOc1ccc(S(=O)(=O)Nc2ccc(C(=O)OCN3C(=O)c4ccccc4C3=O)cc2)cc1. The number of rotatable bonds is 8. The van der Waals surface area contributed by atoms with Crippen LogP contribution in [0.2, 0.25) is 0 Å². The molecule has 1 aliphatic heterocycles. The Kier molecular flexibility index (Phi) is 6.33. The van der Waals surface area contributed by atoms with Crippen LogP contribution in [0.5, 0.6) is 5.75 Å². The van der Waals surface area contributed by atoms with E-state index in [1.54, 1.807) is 24.3 Å². The van der Waals surface area contributed by atoms with Gasteiger partial charge in [0.2, 0.25) is 0 Å². The molecule has 0 saturated heterocycles. The van der Waals surface area contributed by atoms with E-state index in [0.717, 1.165) is 4.90 Å². The predicted octanol–water partition coefficient (Wildman–Crippen LogP) is 3.30. The summed E-state index contributed by atoms with van der Waals surface area (Å²) >= 11 is 0. The van der Waals surface area contributed by atoms with E-state index >= 15 is 0 Å². The van der Waals surface area contributed by atoms with Crippen molar-refractivity contribution in [2.75, 3.05) is 18.1 Å². The van der Waals surface area contributed by atoms with E-state index in [-0.39, 0.29) is 27.3 Å². The van der Waals surface area contributed by atoms with Gasteiger partial charge in [-0.05, 0) is 67.6 Å². The molecule has 10 heteroatoms. The first-order valence-corrected chi connectivity index (χ1v) is 11.8. The van der Waals surface area contributed by atoms with Crippen LogP contribution in [0.1, 0.15) is 38.0 Å². The summed E-state index contributed by atoms with van der Waals surface area (Å²) in [6, 6.07) is 17.9. The molecular formula is C24H20N2O7S. The number of carbonyl (C=O) groups is 3. The molecule has 1 N–H and O–H groups in total. The second kappa shape index (κ2) is 9.36. The van der Waals surface area contributed by atoms with Crippen molar-refractivity contribution in [2.24, 2.45) is 0 Å². The summed E-state index contributed by atoms with van der Waals surface area (Å²) in [7, 11) is -3.84. The van der Waals surface area contributed by atoms with Gasteiger partial charge in [0.05, 0.1) is 28.2 Å². The van der Waals surface area contributed by atoms with Crippen LogP contribution in [0.25, 0.3) is 0 Å². The zero-order chi connectivity index (χ0) is 24.3. The Labute approximate surface area is 196 Å². The van der Waals surface area contributed by atoms with Crippen molar-refractivity contribution in [1.29, 1.82) is 0 Å². The third kappa shape index (κ3) is 4.62. The third-order valence-corrected chi connectivity index (χ3v) is 6.42. The monoisotopic (exact) mass is 480 g/mol. The summed E-state index contributed by atoms with van der Waals surface area (Å²) in [6.45, 7) is 1.77. The summed E-state index contributed by atoms with van der Waals surface area (Å²) in [5.41, 5.74) is 0.881. The Bertz CT molecular complexity index is 1320. The van der Waals surface area contributed by atoms with Gasteiger partial charge in [0, 0.05) is 5.69 Å². The van der Waals surface area contributed by atoms with Crippen molar-refractivity contribution in [3.63, 3.8) is 0 Å². The van der Waals surface area contributed by atoms with E-state index in [4.69, 9.17) is 9.47 Å². The molecule has 4 rings (SSSR count). The average Bonchev–Trinajstić information content (AvgIpc) is 3.08. The topological polar surface area (TPSA) is 119 Å². The average molecular weight is 480 g/mol. The molecule has 0 bridgehead atoms. The predicted molar refractivity (Wildman–Crippen MR) is 122 cm³/mol. The molecule has 2 amide bonds. The van der Waals surface area contributed by atoms with Gasteiger partial charge in [0.25, 0.3) is 21.8 Å². The largest absolute Gasteiger partial charge is 0.494 e. The summed E-state index contributed by atoms with van der Waals surface area (Å²) in [4.78, 5) is 38.0. The van der Waals surface area contributed by atoms with Crippen LogP contribution in [0.15, 0.2) is 77.7 Å². The fraction of sp³-hybridized carbons (Fsp3) is 0.125. The van der Waals surface area contributed by atoms with Gasteiger partial charge in [-0.1, -0.05) is 12.1 Å². The molecule has 0 unspecified atom stereocenters. The van der Waals surface area contributed by atoms with Crippen LogP contribution < -0.4 is 9.46 Å². The number of anilines is 1. The van der Waals surface area contributed by atoms with Crippen molar-refractivity contribution < 1.29 is 32.3 Å². The maximum Gasteiger partial charge on any atom is 0.339 e. The van der Waals surface area contributed by atoms with E-state index < -0.39 is 34.5 Å². The van der Waals surface area contributed by atoms with Crippen molar-refractivity contribution in [3.8, 4) is 5.75 Å². The van der Waals surface area contributed by atoms with Crippen LogP contribution in [-0.4, -0.2) is 44.4 Å². The number of nitrogens with one attached hydrogen (secondary N) is 1. The number of hydrogen-bond donors (Lipinski definition) is 1. The minimum absolute atomic E-state index is 0.0559. The van der Waals surface area contributed by atoms with Gasteiger partial charge in [-0.3, -0.25) is 14.3 Å². The minimum Gasteiger partial charge on any atom is -0.494 e. The lowest BCUT2D eigenvalue weighted by molar-refractivity contribution is 0.0228. The molecule has 1 heterocycles. The molecule has 34 heavy (non-hydrogen) atoms. The number of benzene rings is 3. The normalized spacial score (nSPS) is 12.9. The molecule has 3 aromatic carbocycles. The lowest BCUT2D eigenvalue weighted by atomic mass is 10.1. The molecule has 0 aliphatic carbocycles. The highest BCUT2D eigenvalue weighted by Crippen LogP contribution is 2.23. The van der Waals surface area contributed by atoms with Crippen LogP contribution in [0, 0.1) is 0 Å². The highest BCUT2D eigenvalue weighted by Gasteiger charge is 2.35. The number of fused-ring (bicyclic) bond motifs is 1. The Morgan fingerprint density at radius 2 is 1.47 bits per heavy atom. The quantitative estimate of drug-likeness (QED) is 0.388. The Morgan fingerprint density at radius 1 is 0.882 bits per heavy atom. The van der Waals surface area contributed by atoms with Crippen LogP contribution in [0.4, 0.5) is 5.69 Å². The second-order valence-corrected chi connectivity index (χ2v) is 8.91. The fourth-order valence-electron chi connectivity index (χ4n) is 3.33. The first-order valence-electron chi connectivity index (χ1n) is 10.3. The standard InChI is InChI=1S/C24H20N2O7S/c1-2-32-18-11-13-19(14-12-18)34(30,31)25-17-9-7-16(8-10-17)24(29)33-15-26-22(27)20-5-3-4-6-21(20)23(26)28/h3-14,25H,2,15H2,1H3. The summed E-state index contributed by atoms with van der Waals surface area (Å²) in [6.07, 6.45) is 0. The van der Waals surface area contributed by atoms with E-state index in [1.807, 2.05) is 6.92 Å². The molecule has 0 fully saturated rings. The number of carbonyl (C=O) groups excluding carboxylic acids is 3. The first-order chi connectivity index (χ1) is 16.3. The van der Waals surface area contributed by atoms with Gasteiger partial charge in [-0.15, -0.1) is 0 Å². The van der Waals surface area contributed by atoms with E-state index in [1.165, 1.54) is 48.5 Å². The van der Waals surface area contributed by atoms with E-state index in [0.29, 0.717) is 12.4 Å². The number of amides is 2. The molecule has 0 aromatic heterocycles. The number of sulfonamides is 1. The van der Waals surface area contributed by atoms with Crippen molar-refractivity contribution in [3.05, 3.63) is 89.5 Å². The Hall–Kier alpha value is -4.18. The van der Waals surface area contributed by atoms with Gasteiger partial charge >= 0.3 is 5.97 Å². The lowest BCUT2D eigenvalue weighted by Crippen LogP contribution is -2.33. The maximum atomic E-state index is 12.6. The summed E-state index contributed by atoms with van der Waals surface area (Å²) in [5.74, 6) is -1.28. The number of hydrogen-bond acceptors (Lipinski definition) is 7. The summed E-state index contributed by atoms with van der Waals surface area (Å²) in [5, 5.41) is 0. The van der Waals surface area contributed by atoms with E-state index in [9.17, 15) is 22.8 Å². The Balaban J connectivity index is 1.37. The van der Waals surface area contributed by atoms with Crippen LogP contribution in [-0.2, 0) is 14.8 Å². The molecule has 0 radical (unpaired) electrons. The zero-order valence-corrected chi connectivity index (χ0v) is 18.9. The van der Waals surface area contributed by atoms with Crippen molar-refractivity contribution in [2.45, 2.75) is 11.8 Å². The molecule has 1 aliphatic rings. The number of esters is 1. The molecule has 9 nitrogen and oxygen atoms in total. The van der Waals surface area contributed by atoms with Crippen molar-refractivity contribution >= 4 is 33.5 Å². The fourth-order valence-corrected chi connectivity index (χ4v) is 4.39. The van der Waals surface area contributed by atoms with Crippen LogP contribution >= 0.6 is 0 Å². The molecule has 0 spiro atoms. The smallest absolute Gasteiger partial charge is 0.339 e. The molecule has 174 valence electrons. The molecule has 3 aromatic rings. The highest BCUT2D eigenvalue weighted by atomic mass is 32.2. The lowest BCUT2D eigenvalue weighted by Gasteiger charge is -2.14. The number of ether oxygens (including phenoxy) is 2.